The molecule has 1 aromatic heterocycles. The first-order valence-corrected chi connectivity index (χ1v) is 8.74. The molecule has 0 spiro atoms. The predicted molar refractivity (Wildman–Crippen MR) is 96.6 cm³/mol. The number of likely N-dealkylation sites (tertiary alicyclic amines) is 1. The Hall–Kier alpha value is -2.60. The summed E-state index contributed by atoms with van der Waals surface area (Å²) in [6, 6.07) is 8.23. The van der Waals surface area contributed by atoms with Crippen LogP contribution in [0.3, 0.4) is 0 Å². The van der Waals surface area contributed by atoms with Crippen LogP contribution in [0.1, 0.15) is 30.1 Å². The standard InChI is InChI=1S/C19H19ClN2O4/c1-12-2-3-14(19(24)25)11-22(12)18(23)13-4-5-17(16(20)10-13)26-15-6-8-21-9-7-15/h4-10,12,14H,2-3,11H2,1H3,(H,24,25). The maximum atomic E-state index is 12.8. The number of aromatic nitrogens is 1. The number of carbonyl (C=O) groups is 2. The molecule has 2 heterocycles. The SMILES string of the molecule is CC1CCC(C(=O)O)CN1C(=O)c1ccc(Oc2ccncc2)c(Cl)c1. The monoisotopic (exact) mass is 374 g/mol. The largest absolute Gasteiger partial charge is 0.481 e. The Labute approximate surface area is 156 Å². The lowest BCUT2D eigenvalue weighted by atomic mass is 9.93. The third-order valence-electron chi connectivity index (χ3n) is 4.55. The Morgan fingerprint density at radius 3 is 2.62 bits per heavy atom. The molecule has 1 aliphatic heterocycles. The van der Waals surface area contributed by atoms with E-state index in [1.54, 1.807) is 47.6 Å². The molecule has 2 atom stereocenters. The highest BCUT2D eigenvalue weighted by atomic mass is 35.5. The van der Waals surface area contributed by atoms with E-state index in [4.69, 9.17) is 16.3 Å². The number of hydrogen-bond acceptors (Lipinski definition) is 4. The van der Waals surface area contributed by atoms with E-state index >= 15 is 0 Å². The Morgan fingerprint density at radius 1 is 1.23 bits per heavy atom. The third kappa shape index (κ3) is 3.96. The van der Waals surface area contributed by atoms with Crippen LogP contribution in [0.25, 0.3) is 0 Å². The smallest absolute Gasteiger partial charge is 0.308 e. The molecule has 136 valence electrons. The molecule has 0 aliphatic carbocycles. The number of benzene rings is 1. The highest BCUT2D eigenvalue weighted by molar-refractivity contribution is 6.32. The number of nitrogens with zero attached hydrogens (tertiary/aromatic N) is 2. The molecule has 1 fully saturated rings. The molecule has 6 nitrogen and oxygen atoms in total. The number of halogens is 1. The summed E-state index contributed by atoms with van der Waals surface area (Å²) in [5.41, 5.74) is 0.412. The summed E-state index contributed by atoms with van der Waals surface area (Å²) < 4.78 is 5.68. The van der Waals surface area contributed by atoms with E-state index in [1.807, 2.05) is 6.92 Å². The average molecular weight is 375 g/mol. The van der Waals surface area contributed by atoms with E-state index in [-0.39, 0.29) is 18.5 Å². The molecule has 1 N–H and O–H groups in total. The van der Waals surface area contributed by atoms with Crippen molar-refractivity contribution in [2.24, 2.45) is 5.92 Å². The van der Waals surface area contributed by atoms with Gasteiger partial charge in [-0.1, -0.05) is 11.6 Å². The molecular formula is C19H19ClN2O4. The van der Waals surface area contributed by atoms with Gasteiger partial charge in [-0.2, -0.15) is 0 Å². The van der Waals surface area contributed by atoms with Gasteiger partial charge < -0.3 is 14.7 Å². The van der Waals surface area contributed by atoms with Gasteiger partial charge in [0, 0.05) is 30.5 Å². The molecule has 1 amide bonds. The normalized spacial score (nSPS) is 19.8. The topological polar surface area (TPSA) is 79.7 Å². The highest BCUT2D eigenvalue weighted by Gasteiger charge is 2.33. The number of hydrogen-bond donors (Lipinski definition) is 1. The van der Waals surface area contributed by atoms with Gasteiger partial charge in [0.1, 0.15) is 11.5 Å². The van der Waals surface area contributed by atoms with Crippen molar-refractivity contribution >= 4 is 23.5 Å². The zero-order valence-electron chi connectivity index (χ0n) is 14.3. The number of carboxylic acids is 1. The lowest BCUT2D eigenvalue weighted by Crippen LogP contribution is -2.47. The zero-order chi connectivity index (χ0) is 18.7. The van der Waals surface area contributed by atoms with Gasteiger partial charge in [-0.15, -0.1) is 0 Å². The fourth-order valence-electron chi connectivity index (χ4n) is 3.01. The van der Waals surface area contributed by atoms with Crippen molar-refractivity contribution < 1.29 is 19.4 Å². The number of piperidine rings is 1. The number of amides is 1. The molecule has 3 rings (SSSR count). The summed E-state index contributed by atoms with van der Waals surface area (Å²) in [5.74, 6) is -0.589. The van der Waals surface area contributed by atoms with E-state index in [0.717, 1.165) is 0 Å². The summed E-state index contributed by atoms with van der Waals surface area (Å²) >= 11 is 6.27. The summed E-state index contributed by atoms with van der Waals surface area (Å²) in [6.45, 7) is 2.14. The number of carbonyl (C=O) groups excluding carboxylic acids is 1. The van der Waals surface area contributed by atoms with E-state index in [0.29, 0.717) is 34.9 Å². The average Bonchev–Trinajstić information content (AvgIpc) is 2.64. The Kier molecular flexibility index (Phi) is 5.42. The molecule has 0 radical (unpaired) electrons. The van der Waals surface area contributed by atoms with Gasteiger partial charge in [0.15, 0.2) is 0 Å². The Bertz CT molecular complexity index is 812. The van der Waals surface area contributed by atoms with E-state index < -0.39 is 11.9 Å². The van der Waals surface area contributed by atoms with Gasteiger partial charge in [-0.05, 0) is 50.1 Å². The van der Waals surface area contributed by atoms with E-state index in [9.17, 15) is 14.7 Å². The number of ether oxygens (including phenoxy) is 1. The summed E-state index contributed by atoms with van der Waals surface area (Å²) in [5, 5.41) is 9.55. The van der Waals surface area contributed by atoms with Crippen molar-refractivity contribution in [1.82, 2.24) is 9.88 Å². The molecule has 1 saturated heterocycles. The van der Waals surface area contributed by atoms with E-state index in [2.05, 4.69) is 4.98 Å². The maximum absolute atomic E-state index is 12.8. The molecule has 0 saturated carbocycles. The van der Waals surface area contributed by atoms with Crippen molar-refractivity contribution in [3.63, 3.8) is 0 Å². The minimum Gasteiger partial charge on any atom is -0.481 e. The lowest BCUT2D eigenvalue weighted by molar-refractivity contribution is -0.143. The van der Waals surface area contributed by atoms with Crippen molar-refractivity contribution in [3.8, 4) is 11.5 Å². The number of pyridine rings is 1. The van der Waals surface area contributed by atoms with Crippen LogP contribution < -0.4 is 4.74 Å². The third-order valence-corrected chi connectivity index (χ3v) is 4.84. The molecule has 1 aromatic carbocycles. The van der Waals surface area contributed by atoms with Crippen molar-refractivity contribution in [2.75, 3.05) is 6.54 Å². The van der Waals surface area contributed by atoms with Crippen molar-refractivity contribution in [3.05, 3.63) is 53.3 Å². The second kappa shape index (κ2) is 7.74. The summed E-state index contributed by atoms with van der Waals surface area (Å²) in [4.78, 5) is 29.6. The second-order valence-electron chi connectivity index (χ2n) is 6.35. The van der Waals surface area contributed by atoms with Gasteiger partial charge >= 0.3 is 5.97 Å². The first-order valence-electron chi connectivity index (χ1n) is 8.37. The van der Waals surface area contributed by atoms with Crippen LogP contribution in [0, 0.1) is 5.92 Å². The van der Waals surface area contributed by atoms with Crippen LogP contribution in [0.5, 0.6) is 11.5 Å². The minimum atomic E-state index is -0.867. The van der Waals surface area contributed by atoms with Crippen LogP contribution in [0.15, 0.2) is 42.7 Å². The van der Waals surface area contributed by atoms with Gasteiger partial charge in [-0.3, -0.25) is 14.6 Å². The Morgan fingerprint density at radius 2 is 1.96 bits per heavy atom. The molecule has 2 aromatic rings. The van der Waals surface area contributed by atoms with Crippen LogP contribution >= 0.6 is 11.6 Å². The van der Waals surface area contributed by atoms with Gasteiger partial charge in [0.2, 0.25) is 0 Å². The molecule has 0 bridgehead atoms. The number of aliphatic carboxylic acids is 1. The quantitative estimate of drug-likeness (QED) is 0.879. The first-order chi connectivity index (χ1) is 12.5. The molecule has 1 aliphatic rings. The fourth-order valence-corrected chi connectivity index (χ4v) is 3.23. The molecule has 7 heteroatoms. The second-order valence-corrected chi connectivity index (χ2v) is 6.76. The lowest BCUT2D eigenvalue weighted by Gasteiger charge is -2.36. The number of carboxylic acid groups (broad SMARTS) is 1. The van der Waals surface area contributed by atoms with Crippen LogP contribution in [-0.4, -0.2) is 39.5 Å². The Balaban J connectivity index is 1.77. The van der Waals surface area contributed by atoms with Gasteiger partial charge in [0.05, 0.1) is 10.9 Å². The maximum Gasteiger partial charge on any atom is 0.308 e. The number of rotatable bonds is 4. The predicted octanol–water partition coefficient (Wildman–Crippen LogP) is 3.85. The summed E-state index contributed by atoms with van der Waals surface area (Å²) in [7, 11) is 0. The molecule has 26 heavy (non-hydrogen) atoms. The molecule has 2 unspecified atom stereocenters. The van der Waals surface area contributed by atoms with Crippen LogP contribution in [-0.2, 0) is 4.79 Å². The minimum absolute atomic E-state index is 0.00961. The van der Waals surface area contributed by atoms with Crippen LogP contribution in [0.2, 0.25) is 5.02 Å². The van der Waals surface area contributed by atoms with Crippen molar-refractivity contribution in [2.45, 2.75) is 25.8 Å². The van der Waals surface area contributed by atoms with Crippen molar-refractivity contribution in [1.29, 1.82) is 0 Å². The zero-order valence-corrected chi connectivity index (χ0v) is 15.0. The van der Waals surface area contributed by atoms with Crippen LogP contribution in [0.4, 0.5) is 0 Å². The first kappa shape index (κ1) is 18.2. The summed E-state index contributed by atoms with van der Waals surface area (Å²) in [6.07, 6.45) is 4.47. The fraction of sp³-hybridized carbons (Fsp3) is 0.316. The van der Waals surface area contributed by atoms with E-state index in [1.165, 1.54) is 0 Å². The van der Waals surface area contributed by atoms with Gasteiger partial charge in [-0.25, -0.2) is 0 Å². The highest BCUT2D eigenvalue weighted by Crippen LogP contribution is 2.31. The van der Waals surface area contributed by atoms with Gasteiger partial charge in [0.25, 0.3) is 5.91 Å². The molecular weight excluding hydrogens is 356 g/mol.